The maximum absolute atomic E-state index is 13.3. The molecule has 0 fully saturated rings. The van der Waals surface area contributed by atoms with Gasteiger partial charge in [-0.2, -0.15) is 0 Å². The van der Waals surface area contributed by atoms with Crippen molar-refractivity contribution in [1.82, 2.24) is 4.90 Å². The van der Waals surface area contributed by atoms with E-state index < -0.39 is 11.8 Å². The standard InChI is InChI=1S/C17H18FNO4/c1-10-5-6-12(18)7-14(10)16(20)19(3)9-13-8-15(11(2)23-13)17(21)22-4/h5-8H,9H2,1-4H3. The van der Waals surface area contributed by atoms with Gasteiger partial charge in [0, 0.05) is 12.6 Å². The molecule has 0 saturated heterocycles. The summed E-state index contributed by atoms with van der Waals surface area (Å²) in [6.45, 7) is 3.55. The minimum absolute atomic E-state index is 0.159. The largest absolute Gasteiger partial charge is 0.465 e. The fraction of sp³-hybridized carbons (Fsp3) is 0.294. The molecule has 122 valence electrons. The normalized spacial score (nSPS) is 10.5. The number of hydrogen-bond acceptors (Lipinski definition) is 4. The summed E-state index contributed by atoms with van der Waals surface area (Å²) in [5.41, 5.74) is 1.31. The Bertz CT molecular complexity index is 751. The van der Waals surface area contributed by atoms with Gasteiger partial charge in [-0.1, -0.05) is 6.07 Å². The molecule has 1 aromatic heterocycles. The zero-order chi connectivity index (χ0) is 17.1. The SMILES string of the molecule is COC(=O)c1cc(CN(C)C(=O)c2cc(F)ccc2C)oc1C. The van der Waals surface area contributed by atoms with Gasteiger partial charge in [-0.3, -0.25) is 4.79 Å². The van der Waals surface area contributed by atoms with E-state index in [-0.39, 0.29) is 12.5 Å². The third-order valence-corrected chi connectivity index (χ3v) is 3.54. The number of methoxy groups -OCH3 is 1. The number of hydrogen-bond donors (Lipinski definition) is 0. The first-order valence-corrected chi connectivity index (χ1v) is 7.02. The highest BCUT2D eigenvalue weighted by Gasteiger charge is 2.19. The van der Waals surface area contributed by atoms with Gasteiger partial charge in [0.15, 0.2) is 0 Å². The summed E-state index contributed by atoms with van der Waals surface area (Å²) in [5.74, 6) is -0.403. The van der Waals surface area contributed by atoms with Crippen LogP contribution in [-0.4, -0.2) is 30.9 Å². The molecule has 0 atom stereocenters. The molecule has 0 N–H and O–H groups in total. The van der Waals surface area contributed by atoms with Gasteiger partial charge in [-0.15, -0.1) is 0 Å². The highest BCUT2D eigenvalue weighted by atomic mass is 19.1. The molecule has 0 aliphatic carbocycles. The van der Waals surface area contributed by atoms with Crippen molar-refractivity contribution >= 4 is 11.9 Å². The van der Waals surface area contributed by atoms with Crippen LogP contribution in [0.2, 0.25) is 0 Å². The third kappa shape index (κ3) is 3.59. The number of furan rings is 1. The first-order chi connectivity index (χ1) is 10.8. The van der Waals surface area contributed by atoms with Gasteiger partial charge in [0.05, 0.1) is 13.7 Å². The second-order valence-corrected chi connectivity index (χ2v) is 5.29. The summed E-state index contributed by atoms with van der Waals surface area (Å²) >= 11 is 0. The van der Waals surface area contributed by atoms with Gasteiger partial charge in [0.2, 0.25) is 0 Å². The van der Waals surface area contributed by atoms with Crippen molar-refractivity contribution in [2.45, 2.75) is 20.4 Å². The molecule has 0 radical (unpaired) electrons. The fourth-order valence-corrected chi connectivity index (χ4v) is 2.27. The van der Waals surface area contributed by atoms with Crippen molar-refractivity contribution < 1.29 is 23.1 Å². The number of nitrogens with zero attached hydrogens (tertiary/aromatic N) is 1. The Hall–Kier alpha value is -2.63. The number of carbonyl (C=O) groups excluding carboxylic acids is 2. The average molecular weight is 319 g/mol. The topological polar surface area (TPSA) is 59.8 Å². The molecule has 2 rings (SSSR count). The van der Waals surface area contributed by atoms with E-state index >= 15 is 0 Å². The van der Waals surface area contributed by atoms with Crippen LogP contribution in [0.25, 0.3) is 0 Å². The number of rotatable bonds is 4. The molecule has 1 aromatic carbocycles. The van der Waals surface area contributed by atoms with E-state index in [1.54, 1.807) is 33.0 Å². The van der Waals surface area contributed by atoms with Crippen LogP contribution in [0.15, 0.2) is 28.7 Å². The zero-order valence-corrected chi connectivity index (χ0v) is 13.5. The Morgan fingerprint density at radius 1 is 1.22 bits per heavy atom. The minimum Gasteiger partial charge on any atom is -0.465 e. The van der Waals surface area contributed by atoms with E-state index in [1.165, 1.54) is 24.1 Å². The maximum atomic E-state index is 13.3. The van der Waals surface area contributed by atoms with Crippen LogP contribution in [0, 0.1) is 19.7 Å². The molecule has 1 heterocycles. The van der Waals surface area contributed by atoms with Gasteiger partial charge in [-0.25, -0.2) is 9.18 Å². The molecule has 6 heteroatoms. The molecule has 0 unspecified atom stereocenters. The summed E-state index contributed by atoms with van der Waals surface area (Å²) in [7, 11) is 2.87. The zero-order valence-electron chi connectivity index (χ0n) is 13.5. The second kappa shape index (κ2) is 6.64. The van der Waals surface area contributed by atoms with Crippen LogP contribution < -0.4 is 0 Å². The van der Waals surface area contributed by atoms with Crippen molar-refractivity contribution in [3.63, 3.8) is 0 Å². The average Bonchev–Trinajstić information content (AvgIpc) is 2.88. The highest BCUT2D eigenvalue weighted by Crippen LogP contribution is 2.19. The quantitative estimate of drug-likeness (QED) is 0.813. The van der Waals surface area contributed by atoms with E-state index in [9.17, 15) is 14.0 Å². The summed E-state index contributed by atoms with van der Waals surface area (Å²) in [4.78, 5) is 25.4. The third-order valence-electron chi connectivity index (χ3n) is 3.54. The van der Waals surface area contributed by atoms with Gasteiger partial charge in [0.25, 0.3) is 5.91 Å². The van der Waals surface area contributed by atoms with Gasteiger partial charge >= 0.3 is 5.97 Å². The first-order valence-electron chi connectivity index (χ1n) is 7.02. The molecule has 0 aliphatic rings. The van der Waals surface area contributed by atoms with Crippen LogP contribution >= 0.6 is 0 Å². The minimum atomic E-state index is -0.493. The Morgan fingerprint density at radius 2 is 1.91 bits per heavy atom. The smallest absolute Gasteiger partial charge is 0.341 e. The molecule has 2 aromatic rings. The van der Waals surface area contributed by atoms with Crippen LogP contribution in [0.1, 0.15) is 37.8 Å². The number of carbonyl (C=O) groups is 2. The number of amides is 1. The Kier molecular flexibility index (Phi) is 4.83. The Labute approximate surface area is 133 Å². The second-order valence-electron chi connectivity index (χ2n) is 5.29. The van der Waals surface area contributed by atoms with Crippen LogP contribution in [0.5, 0.6) is 0 Å². The molecule has 1 amide bonds. The van der Waals surface area contributed by atoms with Gasteiger partial charge < -0.3 is 14.1 Å². The lowest BCUT2D eigenvalue weighted by Gasteiger charge is -2.17. The molecule has 0 aliphatic heterocycles. The summed E-state index contributed by atoms with van der Waals surface area (Å²) in [5, 5.41) is 0. The predicted octanol–water partition coefficient (Wildman–Crippen LogP) is 3.09. The van der Waals surface area contributed by atoms with Crippen molar-refractivity contribution in [2.75, 3.05) is 14.2 Å². The monoisotopic (exact) mass is 319 g/mol. The summed E-state index contributed by atoms with van der Waals surface area (Å²) < 4.78 is 23.5. The fourth-order valence-electron chi connectivity index (χ4n) is 2.27. The highest BCUT2D eigenvalue weighted by molar-refractivity contribution is 5.95. The lowest BCUT2D eigenvalue weighted by molar-refractivity contribution is 0.0598. The molecule has 5 nitrogen and oxygen atoms in total. The summed E-state index contributed by atoms with van der Waals surface area (Å²) in [6, 6.07) is 5.62. The summed E-state index contributed by atoms with van der Waals surface area (Å²) in [6.07, 6.45) is 0. The van der Waals surface area contributed by atoms with E-state index in [0.29, 0.717) is 28.2 Å². The predicted molar refractivity (Wildman–Crippen MR) is 81.7 cm³/mol. The number of ether oxygens (including phenoxy) is 1. The van der Waals surface area contributed by atoms with Crippen LogP contribution in [-0.2, 0) is 11.3 Å². The van der Waals surface area contributed by atoms with Crippen LogP contribution in [0.4, 0.5) is 4.39 Å². The van der Waals surface area contributed by atoms with E-state index in [0.717, 1.165) is 0 Å². The van der Waals surface area contributed by atoms with Gasteiger partial charge in [-0.05, 0) is 37.6 Å². The number of benzene rings is 1. The van der Waals surface area contributed by atoms with Crippen LogP contribution in [0.3, 0.4) is 0 Å². The molecule has 23 heavy (non-hydrogen) atoms. The lowest BCUT2D eigenvalue weighted by Crippen LogP contribution is -2.26. The molecule has 0 spiro atoms. The molecular weight excluding hydrogens is 301 g/mol. The van der Waals surface area contributed by atoms with E-state index in [4.69, 9.17) is 4.42 Å². The Morgan fingerprint density at radius 3 is 2.57 bits per heavy atom. The first kappa shape index (κ1) is 16.7. The maximum Gasteiger partial charge on any atom is 0.341 e. The molecule has 0 saturated carbocycles. The van der Waals surface area contributed by atoms with E-state index in [2.05, 4.69) is 4.74 Å². The number of halogens is 1. The van der Waals surface area contributed by atoms with Crippen molar-refractivity contribution in [3.05, 3.63) is 58.3 Å². The Balaban J connectivity index is 2.18. The number of aryl methyl sites for hydroxylation is 2. The van der Waals surface area contributed by atoms with Gasteiger partial charge in [0.1, 0.15) is 22.9 Å². The molecule has 0 bridgehead atoms. The van der Waals surface area contributed by atoms with E-state index in [1.807, 2.05) is 0 Å². The number of esters is 1. The van der Waals surface area contributed by atoms with Crippen molar-refractivity contribution in [2.24, 2.45) is 0 Å². The van der Waals surface area contributed by atoms with Crippen molar-refractivity contribution in [3.8, 4) is 0 Å². The van der Waals surface area contributed by atoms with Crippen molar-refractivity contribution in [1.29, 1.82) is 0 Å². The molecular formula is C17H18FNO4. The lowest BCUT2D eigenvalue weighted by atomic mass is 10.1.